The van der Waals surface area contributed by atoms with Gasteiger partial charge in [0.1, 0.15) is 23.9 Å². The molecule has 0 unspecified atom stereocenters. The molecule has 0 aliphatic carbocycles. The molecule has 226 valence electrons. The number of nitrogens with one attached hydrogen (secondary N) is 1. The van der Waals surface area contributed by atoms with E-state index in [1.165, 1.54) is 17.4 Å². The molecule has 7 nitrogen and oxygen atoms in total. The van der Waals surface area contributed by atoms with Crippen LogP contribution in [-0.2, 0) is 11.4 Å². The molecular weight excluding hydrogens is 589 g/mol. The summed E-state index contributed by atoms with van der Waals surface area (Å²) < 4.78 is 27.4. The van der Waals surface area contributed by atoms with Crippen molar-refractivity contribution < 1.29 is 18.7 Å². The topological polar surface area (TPSA) is 81.9 Å². The van der Waals surface area contributed by atoms with Crippen molar-refractivity contribution in [1.82, 2.24) is 4.57 Å². The lowest BCUT2D eigenvalue weighted by Crippen LogP contribution is -2.40. The highest BCUT2D eigenvalue weighted by molar-refractivity contribution is 7.07. The van der Waals surface area contributed by atoms with E-state index < -0.39 is 6.04 Å². The Balaban J connectivity index is 1.35. The lowest BCUT2D eigenvalue weighted by molar-refractivity contribution is -0.113. The average molecular weight is 620 g/mol. The molecule has 0 bridgehead atoms. The number of hydrogen-bond acceptors (Lipinski definition) is 6. The normalized spacial score (nSPS) is 14.5. The first-order chi connectivity index (χ1) is 21.9. The number of benzene rings is 4. The number of rotatable bonds is 9. The molecule has 0 saturated heterocycles. The highest BCUT2D eigenvalue weighted by atomic mass is 32.1. The van der Waals surface area contributed by atoms with Crippen molar-refractivity contribution in [2.24, 2.45) is 4.99 Å². The second-order valence-corrected chi connectivity index (χ2v) is 11.4. The quantitative estimate of drug-likeness (QED) is 0.220. The fourth-order valence-corrected chi connectivity index (χ4v) is 6.19. The highest BCUT2D eigenvalue weighted by Crippen LogP contribution is 2.32. The van der Waals surface area contributed by atoms with Gasteiger partial charge in [0.15, 0.2) is 4.80 Å². The van der Waals surface area contributed by atoms with Gasteiger partial charge in [-0.15, -0.1) is 0 Å². The van der Waals surface area contributed by atoms with Gasteiger partial charge in [-0.1, -0.05) is 72.0 Å². The summed E-state index contributed by atoms with van der Waals surface area (Å²) in [7, 11) is 0. The Morgan fingerprint density at radius 1 is 0.933 bits per heavy atom. The Labute approximate surface area is 263 Å². The average Bonchev–Trinajstić information content (AvgIpc) is 3.35. The van der Waals surface area contributed by atoms with Crippen molar-refractivity contribution >= 4 is 29.0 Å². The number of anilines is 1. The first kappa shape index (κ1) is 29.8. The number of ether oxygens (including phenoxy) is 2. The van der Waals surface area contributed by atoms with Crippen molar-refractivity contribution in [3.63, 3.8) is 0 Å². The predicted molar refractivity (Wildman–Crippen MR) is 174 cm³/mol. The summed E-state index contributed by atoms with van der Waals surface area (Å²) in [6.07, 6.45) is 1.79. The molecule has 0 spiro atoms. The van der Waals surface area contributed by atoms with Gasteiger partial charge >= 0.3 is 0 Å². The number of thiazole rings is 1. The number of nitrogens with zero attached hydrogens (tertiary/aromatic N) is 2. The van der Waals surface area contributed by atoms with Crippen LogP contribution < -0.4 is 29.7 Å². The minimum absolute atomic E-state index is 0.107. The van der Waals surface area contributed by atoms with Crippen LogP contribution in [0.4, 0.5) is 10.1 Å². The highest BCUT2D eigenvalue weighted by Gasteiger charge is 2.32. The van der Waals surface area contributed by atoms with Crippen LogP contribution in [0.3, 0.4) is 0 Å². The number of aromatic nitrogens is 1. The Morgan fingerprint density at radius 3 is 2.31 bits per heavy atom. The zero-order chi connectivity index (χ0) is 31.3. The zero-order valence-corrected chi connectivity index (χ0v) is 25.5. The van der Waals surface area contributed by atoms with Crippen molar-refractivity contribution in [1.29, 1.82) is 0 Å². The third-order valence-corrected chi connectivity index (χ3v) is 8.32. The maximum absolute atomic E-state index is 14.0. The van der Waals surface area contributed by atoms with Crippen LogP contribution in [0, 0.1) is 5.82 Å². The van der Waals surface area contributed by atoms with E-state index >= 15 is 0 Å². The van der Waals surface area contributed by atoms with Gasteiger partial charge in [-0.2, -0.15) is 0 Å². The molecule has 1 aliphatic rings. The SMILES string of the molecule is CCOc1ccc([C@H]2C(C(=O)Nc3ccccc3)=C(C)N=c3s/c(=C\c4ccc(OCc5ccccc5F)cc4)c(=O)n32)cc1. The fraction of sp³-hybridized carbons (Fsp3) is 0.139. The Morgan fingerprint density at radius 2 is 1.60 bits per heavy atom. The summed E-state index contributed by atoms with van der Waals surface area (Å²) in [5.41, 5.74) is 3.33. The summed E-state index contributed by atoms with van der Waals surface area (Å²) in [5.74, 6) is 0.633. The van der Waals surface area contributed by atoms with Gasteiger partial charge in [0.25, 0.3) is 11.5 Å². The summed E-state index contributed by atoms with van der Waals surface area (Å²) in [6.45, 7) is 4.34. The van der Waals surface area contributed by atoms with Crippen molar-refractivity contribution in [3.05, 3.63) is 157 Å². The Bertz CT molecular complexity index is 2050. The summed E-state index contributed by atoms with van der Waals surface area (Å²) in [4.78, 5) is 33.0. The van der Waals surface area contributed by atoms with E-state index in [9.17, 15) is 14.0 Å². The van der Waals surface area contributed by atoms with Crippen LogP contribution in [-0.4, -0.2) is 17.1 Å². The van der Waals surface area contributed by atoms with Gasteiger partial charge in [-0.3, -0.25) is 14.2 Å². The van der Waals surface area contributed by atoms with E-state index in [2.05, 4.69) is 5.32 Å². The molecule has 1 aliphatic heterocycles. The van der Waals surface area contributed by atoms with Crippen molar-refractivity contribution in [3.8, 4) is 11.5 Å². The smallest absolute Gasteiger partial charge is 0.271 e. The molecule has 6 rings (SSSR count). The fourth-order valence-electron chi connectivity index (χ4n) is 5.15. The molecule has 1 N–H and O–H groups in total. The van der Waals surface area contributed by atoms with Gasteiger partial charge in [-0.05, 0) is 73.5 Å². The molecule has 45 heavy (non-hydrogen) atoms. The maximum atomic E-state index is 14.0. The monoisotopic (exact) mass is 619 g/mol. The van der Waals surface area contributed by atoms with Crippen LogP contribution >= 0.6 is 11.3 Å². The van der Waals surface area contributed by atoms with Gasteiger partial charge in [0.2, 0.25) is 0 Å². The lowest BCUT2D eigenvalue weighted by atomic mass is 9.95. The van der Waals surface area contributed by atoms with Gasteiger partial charge in [-0.25, -0.2) is 9.38 Å². The second-order valence-electron chi connectivity index (χ2n) is 10.4. The lowest BCUT2D eigenvalue weighted by Gasteiger charge is -2.25. The maximum Gasteiger partial charge on any atom is 0.271 e. The van der Waals surface area contributed by atoms with E-state index in [1.54, 1.807) is 47.9 Å². The number of allylic oxidation sites excluding steroid dienone is 1. The minimum Gasteiger partial charge on any atom is -0.494 e. The molecule has 0 saturated carbocycles. The summed E-state index contributed by atoms with van der Waals surface area (Å²) in [6, 6.07) is 29.6. The molecule has 1 aromatic heterocycles. The van der Waals surface area contributed by atoms with Crippen molar-refractivity contribution in [2.45, 2.75) is 26.5 Å². The second kappa shape index (κ2) is 13.2. The number of fused-ring (bicyclic) bond motifs is 1. The largest absolute Gasteiger partial charge is 0.494 e. The molecule has 5 aromatic rings. The standard InChI is InChI=1S/C36H30FN3O4S/c1-3-43-28-19-15-25(16-20-28)33-32(34(41)39-27-10-5-4-6-11-27)23(2)38-36-40(33)35(42)31(45-36)21-24-13-17-29(18-14-24)44-22-26-9-7-8-12-30(26)37/h4-21,33H,3,22H2,1-2H3,(H,39,41)/b31-21-/t33-/m0/s1. The molecule has 4 aromatic carbocycles. The Hall–Kier alpha value is -5.28. The molecule has 0 fully saturated rings. The molecule has 9 heteroatoms. The van der Waals surface area contributed by atoms with Gasteiger partial charge in [0.05, 0.1) is 28.5 Å². The molecule has 1 amide bonds. The van der Waals surface area contributed by atoms with Crippen LogP contribution in [0.25, 0.3) is 6.08 Å². The van der Waals surface area contributed by atoms with E-state index in [0.29, 0.717) is 50.0 Å². The predicted octanol–water partition coefficient (Wildman–Crippen LogP) is 5.99. The minimum atomic E-state index is -0.697. The van der Waals surface area contributed by atoms with E-state index in [-0.39, 0.29) is 23.9 Å². The number of amides is 1. The Kier molecular flexibility index (Phi) is 8.70. The number of carbonyl (C=O) groups excluding carboxylic acids is 1. The number of para-hydroxylation sites is 1. The zero-order valence-electron chi connectivity index (χ0n) is 24.7. The van der Waals surface area contributed by atoms with Crippen LogP contribution in [0.5, 0.6) is 11.5 Å². The van der Waals surface area contributed by atoms with Crippen LogP contribution in [0.1, 0.15) is 36.6 Å². The molecule has 2 heterocycles. The number of hydrogen-bond donors (Lipinski definition) is 1. The van der Waals surface area contributed by atoms with E-state index in [1.807, 2.05) is 73.7 Å². The third-order valence-electron chi connectivity index (χ3n) is 7.33. The van der Waals surface area contributed by atoms with Gasteiger partial charge in [0, 0.05) is 11.3 Å². The first-order valence-corrected chi connectivity index (χ1v) is 15.3. The van der Waals surface area contributed by atoms with E-state index in [0.717, 1.165) is 11.1 Å². The first-order valence-electron chi connectivity index (χ1n) is 14.5. The summed E-state index contributed by atoms with van der Waals surface area (Å²) >= 11 is 1.27. The van der Waals surface area contributed by atoms with Crippen LogP contribution in [0.15, 0.2) is 124 Å². The third kappa shape index (κ3) is 6.49. The van der Waals surface area contributed by atoms with E-state index in [4.69, 9.17) is 14.5 Å². The molecule has 1 atom stereocenters. The van der Waals surface area contributed by atoms with Gasteiger partial charge < -0.3 is 14.8 Å². The number of carbonyl (C=O) groups is 1. The van der Waals surface area contributed by atoms with Crippen LogP contribution in [0.2, 0.25) is 0 Å². The summed E-state index contributed by atoms with van der Waals surface area (Å²) in [5, 5.41) is 2.97. The molecule has 0 radical (unpaired) electrons. The molecular formula is C36H30FN3O4S. The number of halogens is 1. The van der Waals surface area contributed by atoms with Crippen molar-refractivity contribution in [2.75, 3.05) is 11.9 Å².